The highest BCUT2D eigenvalue weighted by Gasteiger charge is 2.21. The molecule has 2 amide bonds. The maximum Gasteiger partial charge on any atom is 0.282 e. The summed E-state index contributed by atoms with van der Waals surface area (Å²) in [7, 11) is 0. The molecule has 0 radical (unpaired) electrons. The molecule has 1 fully saturated rings. The van der Waals surface area contributed by atoms with Crippen molar-refractivity contribution in [1.82, 2.24) is 14.4 Å². The van der Waals surface area contributed by atoms with Crippen molar-refractivity contribution < 1.29 is 14.0 Å². The molecule has 8 heteroatoms. The van der Waals surface area contributed by atoms with Crippen LogP contribution < -0.4 is 4.80 Å². The number of rotatable bonds is 4. The van der Waals surface area contributed by atoms with Crippen LogP contribution in [0.4, 0.5) is 4.39 Å². The average molecular weight is 390 g/mol. The van der Waals surface area contributed by atoms with Crippen LogP contribution in [0.15, 0.2) is 35.5 Å². The third kappa shape index (κ3) is 4.70. The fraction of sp³-hybridized carbons (Fsp3) is 0.421. The first kappa shape index (κ1) is 19.4. The molecule has 0 atom stereocenters. The third-order valence-electron chi connectivity index (χ3n) is 4.61. The summed E-state index contributed by atoms with van der Waals surface area (Å²) in [6, 6.07) is 5.76. The molecule has 2 aromatic rings. The van der Waals surface area contributed by atoms with Crippen molar-refractivity contribution in [3.63, 3.8) is 0 Å². The van der Waals surface area contributed by atoms with E-state index >= 15 is 0 Å². The molecule has 1 aliphatic rings. The van der Waals surface area contributed by atoms with Gasteiger partial charge in [0.15, 0.2) is 4.80 Å². The van der Waals surface area contributed by atoms with Crippen LogP contribution in [0.25, 0.3) is 0 Å². The number of carbonyl (C=O) groups excluding carboxylic acids is 2. The van der Waals surface area contributed by atoms with Gasteiger partial charge >= 0.3 is 0 Å². The number of likely N-dealkylation sites (N-methyl/N-ethyl adjacent to an activating group) is 1. The topological polar surface area (TPSA) is 57.9 Å². The quantitative estimate of drug-likeness (QED) is 0.801. The number of amides is 2. The van der Waals surface area contributed by atoms with E-state index in [1.807, 2.05) is 11.8 Å². The number of carbonyl (C=O) groups is 2. The summed E-state index contributed by atoms with van der Waals surface area (Å²) in [5.41, 5.74) is -0.0721. The standard InChI is InChI=1S/C19H23FN4O2S/c1-3-22-8-10-23(11-9-22)17(25)13-24-12-14(2)27-19(24)21-18(26)15-6-4-5-7-16(15)20/h4-7,12H,3,8-11,13H2,1-2H3. The molecule has 144 valence electrons. The number of hydrogen-bond acceptors (Lipinski definition) is 4. The molecular formula is C19H23FN4O2S. The monoisotopic (exact) mass is 390 g/mol. The van der Waals surface area contributed by atoms with Gasteiger partial charge in [-0.3, -0.25) is 9.59 Å². The fourth-order valence-electron chi connectivity index (χ4n) is 3.04. The van der Waals surface area contributed by atoms with E-state index < -0.39 is 11.7 Å². The Kier molecular flexibility index (Phi) is 6.18. The Hall–Kier alpha value is -2.32. The lowest BCUT2D eigenvalue weighted by Gasteiger charge is -2.34. The first-order chi connectivity index (χ1) is 13.0. The van der Waals surface area contributed by atoms with E-state index in [9.17, 15) is 14.0 Å². The maximum absolute atomic E-state index is 13.8. The minimum atomic E-state index is -0.646. The van der Waals surface area contributed by atoms with Gasteiger partial charge in [-0.1, -0.05) is 19.1 Å². The molecule has 6 nitrogen and oxygen atoms in total. The Balaban J connectivity index is 1.77. The molecule has 2 heterocycles. The van der Waals surface area contributed by atoms with Gasteiger partial charge in [0.25, 0.3) is 5.91 Å². The number of aromatic nitrogens is 1. The number of nitrogens with zero attached hydrogens (tertiary/aromatic N) is 4. The van der Waals surface area contributed by atoms with E-state index in [2.05, 4.69) is 16.8 Å². The predicted molar refractivity (Wildman–Crippen MR) is 102 cm³/mol. The van der Waals surface area contributed by atoms with Gasteiger partial charge in [-0.05, 0) is 25.6 Å². The van der Waals surface area contributed by atoms with Crippen molar-refractivity contribution >= 4 is 23.2 Å². The van der Waals surface area contributed by atoms with Crippen molar-refractivity contribution in [2.75, 3.05) is 32.7 Å². The summed E-state index contributed by atoms with van der Waals surface area (Å²) < 4.78 is 15.5. The third-order valence-corrected chi connectivity index (χ3v) is 5.55. The molecule has 1 aliphatic heterocycles. The summed E-state index contributed by atoms with van der Waals surface area (Å²) in [6.45, 7) is 8.27. The number of piperazine rings is 1. The van der Waals surface area contributed by atoms with Gasteiger partial charge in [0, 0.05) is 37.3 Å². The summed E-state index contributed by atoms with van der Waals surface area (Å²) in [6.07, 6.45) is 1.80. The van der Waals surface area contributed by atoms with E-state index in [1.165, 1.54) is 29.5 Å². The van der Waals surface area contributed by atoms with Crippen LogP contribution in [0.5, 0.6) is 0 Å². The van der Waals surface area contributed by atoms with Crippen molar-refractivity contribution in [2.24, 2.45) is 4.99 Å². The minimum absolute atomic E-state index is 0.00310. The first-order valence-corrected chi connectivity index (χ1v) is 9.80. The summed E-state index contributed by atoms with van der Waals surface area (Å²) >= 11 is 1.31. The van der Waals surface area contributed by atoms with E-state index in [1.54, 1.807) is 16.8 Å². The Morgan fingerprint density at radius 1 is 1.19 bits per heavy atom. The second-order valence-corrected chi connectivity index (χ2v) is 7.68. The first-order valence-electron chi connectivity index (χ1n) is 8.98. The molecule has 1 saturated heterocycles. The van der Waals surface area contributed by atoms with Gasteiger partial charge in [0.2, 0.25) is 5.91 Å². The van der Waals surface area contributed by atoms with Crippen molar-refractivity contribution in [3.8, 4) is 0 Å². The van der Waals surface area contributed by atoms with Crippen molar-refractivity contribution in [3.05, 3.63) is 51.5 Å². The van der Waals surface area contributed by atoms with Crippen LogP contribution in [-0.4, -0.2) is 58.9 Å². The zero-order valence-electron chi connectivity index (χ0n) is 15.5. The molecule has 1 aromatic carbocycles. The second kappa shape index (κ2) is 8.58. The molecule has 0 bridgehead atoms. The molecule has 0 N–H and O–H groups in total. The Morgan fingerprint density at radius 3 is 2.56 bits per heavy atom. The maximum atomic E-state index is 13.8. The highest BCUT2D eigenvalue weighted by atomic mass is 32.1. The van der Waals surface area contributed by atoms with E-state index in [-0.39, 0.29) is 18.0 Å². The lowest BCUT2D eigenvalue weighted by atomic mass is 10.2. The molecule has 0 unspecified atom stereocenters. The van der Waals surface area contributed by atoms with Crippen LogP contribution in [-0.2, 0) is 11.3 Å². The summed E-state index contributed by atoms with van der Waals surface area (Å²) in [4.78, 5) is 34.5. The molecular weight excluding hydrogens is 367 g/mol. The summed E-state index contributed by atoms with van der Waals surface area (Å²) in [5, 5.41) is 0. The molecule has 27 heavy (non-hydrogen) atoms. The summed E-state index contributed by atoms with van der Waals surface area (Å²) in [5.74, 6) is -1.24. The normalized spacial score (nSPS) is 16.0. The van der Waals surface area contributed by atoms with Crippen molar-refractivity contribution in [2.45, 2.75) is 20.4 Å². The van der Waals surface area contributed by atoms with Crippen LogP contribution in [0.1, 0.15) is 22.2 Å². The Bertz CT molecular complexity index is 897. The molecule has 0 aliphatic carbocycles. The average Bonchev–Trinajstić information content (AvgIpc) is 3.00. The molecule has 1 aromatic heterocycles. The minimum Gasteiger partial charge on any atom is -0.339 e. The second-order valence-electron chi connectivity index (χ2n) is 6.46. The van der Waals surface area contributed by atoms with Gasteiger partial charge < -0.3 is 14.4 Å². The van der Waals surface area contributed by atoms with Crippen LogP contribution in [0, 0.1) is 12.7 Å². The van der Waals surface area contributed by atoms with Gasteiger partial charge in [0.1, 0.15) is 12.4 Å². The largest absolute Gasteiger partial charge is 0.339 e. The predicted octanol–water partition coefficient (Wildman–Crippen LogP) is 1.90. The number of benzene rings is 1. The van der Waals surface area contributed by atoms with E-state index in [0.29, 0.717) is 17.9 Å². The molecule has 3 rings (SSSR count). The number of hydrogen-bond donors (Lipinski definition) is 0. The van der Waals surface area contributed by atoms with Crippen LogP contribution >= 0.6 is 11.3 Å². The zero-order valence-corrected chi connectivity index (χ0v) is 16.3. The number of aryl methyl sites for hydroxylation is 1. The lowest BCUT2D eigenvalue weighted by Crippen LogP contribution is -2.49. The SMILES string of the molecule is CCN1CCN(C(=O)Cn2cc(C)sc2=NC(=O)c2ccccc2F)CC1. The van der Waals surface area contributed by atoms with Gasteiger partial charge in [-0.2, -0.15) is 4.99 Å². The van der Waals surface area contributed by atoms with Crippen molar-refractivity contribution in [1.29, 1.82) is 0 Å². The highest BCUT2D eigenvalue weighted by molar-refractivity contribution is 7.09. The molecule has 0 saturated carbocycles. The van der Waals surface area contributed by atoms with Crippen LogP contribution in [0.3, 0.4) is 0 Å². The fourth-order valence-corrected chi connectivity index (χ4v) is 3.88. The van der Waals surface area contributed by atoms with Gasteiger partial charge in [0.05, 0.1) is 5.56 Å². The Morgan fingerprint density at radius 2 is 1.89 bits per heavy atom. The molecule has 0 spiro atoms. The lowest BCUT2D eigenvalue weighted by molar-refractivity contribution is -0.133. The smallest absolute Gasteiger partial charge is 0.282 e. The Labute approximate surface area is 161 Å². The van der Waals surface area contributed by atoms with Gasteiger partial charge in [-0.15, -0.1) is 11.3 Å². The zero-order chi connectivity index (χ0) is 19.4. The van der Waals surface area contributed by atoms with E-state index in [4.69, 9.17) is 0 Å². The van der Waals surface area contributed by atoms with Crippen LogP contribution in [0.2, 0.25) is 0 Å². The van der Waals surface area contributed by atoms with Gasteiger partial charge in [-0.25, -0.2) is 4.39 Å². The number of halogens is 1. The highest BCUT2D eigenvalue weighted by Crippen LogP contribution is 2.09. The number of thiazole rings is 1. The van der Waals surface area contributed by atoms with E-state index in [0.717, 1.165) is 24.5 Å².